The smallest absolute Gasteiger partial charge is 0.310 e. The van der Waals surface area contributed by atoms with E-state index in [0.29, 0.717) is 0 Å². The van der Waals surface area contributed by atoms with Crippen LogP contribution in [0, 0.1) is 17.3 Å². The molecule has 4 heteroatoms. The molecule has 0 aromatic carbocycles. The summed E-state index contributed by atoms with van der Waals surface area (Å²) in [5.74, 6) is -0.918. The molecule has 0 unspecified atom stereocenters. The number of esters is 1. The van der Waals surface area contributed by atoms with Crippen molar-refractivity contribution in [2.75, 3.05) is 0 Å². The maximum atomic E-state index is 11.9. The zero-order valence-electron chi connectivity index (χ0n) is 11.1. The Balaban J connectivity index is 2.67. The molecular formula is C13H21NO3. The molecule has 96 valence electrons. The lowest BCUT2D eigenvalue weighted by Crippen LogP contribution is -2.31. The third-order valence-electron chi connectivity index (χ3n) is 3.37. The van der Waals surface area contributed by atoms with Gasteiger partial charge in [-0.05, 0) is 32.1 Å². The number of hydrogen-bond donors (Lipinski definition) is 1. The second kappa shape index (κ2) is 4.51. The summed E-state index contributed by atoms with van der Waals surface area (Å²) in [6.07, 6.45) is 1.23. The summed E-state index contributed by atoms with van der Waals surface area (Å²) in [7, 11) is 0. The van der Waals surface area contributed by atoms with E-state index >= 15 is 0 Å². The summed E-state index contributed by atoms with van der Waals surface area (Å²) in [5.41, 5.74) is 6.15. The molecule has 3 atom stereocenters. The molecule has 17 heavy (non-hydrogen) atoms. The van der Waals surface area contributed by atoms with Crippen molar-refractivity contribution >= 4 is 11.9 Å². The molecule has 1 fully saturated rings. The van der Waals surface area contributed by atoms with Crippen molar-refractivity contribution in [2.24, 2.45) is 23.0 Å². The van der Waals surface area contributed by atoms with Gasteiger partial charge in [-0.2, -0.15) is 0 Å². The van der Waals surface area contributed by atoms with E-state index in [1.807, 2.05) is 27.7 Å². The molecule has 4 nitrogen and oxygen atoms in total. The topological polar surface area (TPSA) is 69.4 Å². The average molecular weight is 239 g/mol. The molecule has 0 spiro atoms. The molecule has 0 aromatic heterocycles. The maximum Gasteiger partial charge on any atom is 0.310 e. The SMILES string of the molecule is CC(C)=C[C@@H]1[C@H](C(=O)O[C@H](C)C(N)=O)C1(C)C. The van der Waals surface area contributed by atoms with Gasteiger partial charge in [-0.15, -0.1) is 0 Å². The van der Waals surface area contributed by atoms with Gasteiger partial charge in [0.05, 0.1) is 5.92 Å². The third kappa shape index (κ3) is 2.87. The van der Waals surface area contributed by atoms with Gasteiger partial charge in [0.1, 0.15) is 0 Å². The summed E-state index contributed by atoms with van der Waals surface area (Å²) < 4.78 is 5.04. The van der Waals surface area contributed by atoms with E-state index in [4.69, 9.17) is 10.5 Å². The minimum Gasteiger partial charge on any atom is -0.452 e. The molecule has 1 amide bonds. The highest BCUT2D eigenvalue weighted by molar-refractivity contribution is 5.84. The van der Waals surface area contributed by atoms with E-state index in [9.17, 15) is 9.59 Å². The first-order valence-corrected chi connectivity index (χ1v) is 5.82. The zero-order valence-corrected chi connectivity index (χ0v) is 11.1. The van der Waals surface area contributed by atoms with Gasteiger partial charge >= 0.3 is 5.97 Å². The Morgan fingerprint density at radius 3 is 2.29 bits per heavy atom. The second-order valence-corrected chi connectivity index (χ2v) is 5.55. The van der Waals surface area contributed by atoms with E-state index in [-0.39, 0.29) is 23.2 Å². The minimum atomic E-state index is -0.855. The summed E-state index contributed by atoms with van der Waals surface area (Å²) in [4.78, 5) is 22.7. The molecule has 0 bridgehead atoms. The summed E-state index contributed by atoms with van der Waals surface area (Å²) >= 11 is 0. The number of primary amides is 1. The fraction of sp³-hybridized carbons (Fsp3) is 0.692. The number of nitrogens with two attached hydrogens (primary N) is 1. The van der Waals surface area contributed by atoms with Crippen molar-refractivity contribution in [2.45, 2.75) is 40.7 Å². The summed E-state index contributed by atoms with van der Waals surface area (Å²) in [5, 5.41) is 0. The standard InChI is InChI=1S/C13H21NO3/c1-7(2)6-9-10(13(9,4)5)12(16)17-8(3)11(14)15/h6,8-10H,1-5H3,(H2,14,15)/t8-,9-,10-/m1/s1. The first kappa shape index (κ1) is 13.7. The fourth-order valence-electron chi connectivity index (χ4n) is 2.10. The lowest BCUT2D eigenvalue weighted by molar-refractivity contribution is -0.155. The van der Waals surface area contributed by atoms with Gasteiger partial charge in [-0.25, -0.2) is 0 Å². The maximum absolute atomic E-state index is 11.9. The van der Waals surface area contributed by atoms with E-state index in [1.54, 1.807) is 0 Å². The van der Waals surface area contributed by atoms with Gasteiger partial charge in [0.25, 0.3) is 5.91 Å². The number of hydrogen-bond acceptors (Lipinski definition) is 3. The van der Waals surface area contributed by atoms with E-state index in [2.05, 4.69) is 6.08 Å². The van der Waals surface area contributed by atoms with Gasteiger partial charge in [0.2, 0.25) is 0 Å². The van der Waals surface area contributed by atoms with Gasteiger partial charge < -0.3 is 10.5 Å². The van der Waals surface area contributed by atoms with Crippen LogP contribution in [0.15, 0.2) is 11.6 Å². The van der Waals surface area contributed by atoms with Crippen molar-refractivity contribution in [3.05, 3.63) is 11.6 Å². The largest absolute Gasteiger partial charge is 0.452 e. The van der Waals surface area contributed by atoms with Crippen LogP contribution in [0.4, 0.5) is 0 Å². The lowest BCUT2D eigenvalue weighted by atomic mass is 10.1. The van der Waals surface area contributed by atoms with Crippen LogP contribution in [0.3, 0.4) is 0 Å². The van der Waals surface area contributed by atoms with Crippen molar-refractivity contribution in [1.82, 2.24) is 0 Å². The van der Waals surface area contributed by atoms with Crippen molar-refractivity contribution in [3.8, 4) is 0 Å². The molecule has 0 heterocycles. The van der Waals surface area contributed by atoms with Crippen molar-refractivity contribution in [3.63, 3.8) is 0 Å². The molecule has 1 saturated carbocycles. The summed E-state index contributed by atoms with van der Waals surface area (Å²) in [6.45, 7) is 9.55. The predicted molar refractivity (Wildman–Crippen MR) is 64.9 cm³/mol. The molecule has 0 saturated heterocycles. The van der Waals surface area contributed by atoms with Gasteiger partial charge in [-0.3, -0.25) is 9.59 Å². The van der Waals surface area contributed by atoms with Gasteiger partial charge in [-0.1, -0.05) is 25.5 Å². The van der Waals surface area contributed by atoms with Crippen LogP contribution in [0.5, 0.6) is 0 Å². The Morgan fingerprint density at radius 1 is 1.35 bits per heavy atom. The van der Waals surface area contributed by atoms with Gasteiger partial charge in [0.15, 0.2) is 6.10 Å². The van der Waals surface area contributed by atoms with E-state index < -0.39 is 12.0 Å². The number of allylic oxidation sites excluding steroid dienone is 2. The molecule has 1 aliphatic carbocycles. The Morgan fingerprint density at radius 2 is 1.88 bits per heavy atom. The van der Waals surface area contributed by atoms with Crippen LogP contribution in [-0.2, 0) is 14.3 Å². The quantitative estimate of drug-likeness (QED) is 0.599. The lowest BCUT2D eigenvalue weighted by Gasteiger charge is -2.09. The van der Waals surface area contributed by atoms with E-state index in [0.717, 1.165) is 0 Å². The highest BCUT2D eigenvalue weighted by Crippen LogP contribution is 2.59. The number of carbonyl (C=O) groups excluding carboxylic acids is 2. The molecule has 2 N–H and O–H groups in total. The van der Waals surface area contributed by atoms with Crippen LogP contribution in [-0.4, -0.2) is 18.0 Å². The molecule has 0 radical (unpaired) electrons. The Bertz CT molecular complexity index is 367. The highest BCUT2D eigenvalue weighted by Gasteiger charge is 2.61. The first-order chi connectivity index (χ1) is 7.67. The Hall–Kier alpha value is -1.32. The minimum absolute atomic E-state index is 0.0915. The molecular weight excluding hydrogens is 218 g/mol. The second-order valence-electron chi connectivity index (χ2n) is 5.55. The van der Waals surface area contributed by atoms with Crippen molar-refractivity contribution in [1.29, 1.82) is 0 Å². The number of ether oxygens (including phenoxy) is 1. The zero-order chi connectivity index (χ0) is 13.4. The number of amides is 1. The number of rotatable bonds is 4. The van der Waals surface area contributed by atoms with Crippen molar-refractivity contribution < 1.29 is 14.3 Å². The summed E-state index contributed by atoms with van der Waals surface area (Å²) in [6, 6.07) is 0. The Labute approximate surface area is 102 Å². The monoisotopic (exact) mass is 239 g/mol. The van der Waals surface area contributed by atoms with Crippen LogP contribution in [0.1, 0.15) is 34.6 Å². The first-order valence-electron chi connectivity index (χ1n) is 5.82. The molecule has 1 aliphatic rings. The molecule has 0 aliphatic heterocycles. The molecule has 1 rings (SSSR count). The van der Waals surface area contributed by atoms with Gasteiger partial charge in [0, 0.05) is 0 Å². The average Bonchev–Trinajstić information content (AvgIpc) is 2.66. The highest BCUT2D eigenvalue weighted by atomic mass is 16.5. The van der Waals surface area contributed by atoms with Crippen LogP contribution >= 0.6 is 0 Å². The predicted octanol–water partition coefficient (Wildman–Crippen LogP) is 1.64. The van der Waals surface area contributed by atoms with Crippen LogP contribution in [0.2, 0.25) is 0 Å². The fourth-order valence-corrected chi connectivity index (χ4v) is 2.10. The van der Waals surface area contributed by atoms with Crippen LogP contribution in [0.25, 0.3) is 0 Å². The van der Waals surface area contributed by atoms with E-state index in [1.165, 1.54) is 12.5 Å². The number of carbonyl (C=O) groups is 2. The Kier molecular flexibility index (Phi) is 3.65. The normalized spacial score (nSPS) is 26.9. The van der Waals surface area contributed by atoms with Crippen LogP contribution < -0.4 is 5.73 Å². The third-order valence-corrected chi connectivity index (χ3v) is 3.37. The molecule has 0 aromatic rings.